The lowest BCUT2D eigenvalue weighted by Gasteiger charge is -2.65. The van der Waals surface area contributed by atoms with Gasteiger partial charge in [0.05, 0.1) is 5.56 Å². The fourth-order valence-electron chi connectivity index (χ4n) is 9.14. The predicted molar refractivity (Wildman–Crippen MR) is 168 cm³/mol. The molecule has 1 unspecified atom stereocenters. The molecule has 8 nitrogen and oxygen atoms in total. The standard InChI is InChI=1S/C37H42O8/c1-7-22(39)18-26-35(5)24(17-16-21-12-9-8-10-13-21)23-14-11-15-25(40)28(23)32(42)30(35)34(44)37(45)33(43)27(20(4)38)31(41)29(19(2)3)36(26,37)6/h8-15,19,24,26,29,40-41,44-45H,7,16-18H2,1-6H3/t24-,26-,29?,35-,36-,37+/m1/s1. The van der Waals surface area contributed by atoms with Gasteiger partial charge in [0, 0.05) is 35.2 Å². The molecule has 0 bridgehead atoms. The van der Waals surface area contributed by atoms with E-state index in [0.717, 1.165) is 12.5 Å². The topological polar surface area (TPSA) is 149 Å². The van der Waals surface area contributed by atoms with Crippen molar-refractivity contribution in [1.82, 2.24) is 0 Å². The smallest absolute Gasteiger partial charge is 0.209 e. The van der Waals surface area contributed by atoms with Crippen LogP contribution >= 0.6 is 0 Å². The third-order valence-electron chi connectivity index (χ3n) is 11.1. The van der Waals surface area contributed by atoms with Crippen LogP contribution in [0.4, 0.5) is 0 Å². The average Bonchev–Trinajstić information content (AvgIpc) is 2.97. The van der Waals surface area contributed by atoms with E-state index < -0.39 is 74.5 Å². The number of aliphatic hydroxyl groups excluding tert-OH is 2. The van der Waals surface area contributed by atoms with Crippen LogP contribution in [0.3, 0.4) is 0 Å². The molecule has 3 aliphatic rings. The summed E-state index contributed by atoms with van der Waals surface area (Å²) in [4.78, 5) is 55.1. The molecule has 0 amide bonds. The molecule has 8 heteroatoms. The number of phenolic OH excluding ortho intramolecular Hbond substituents is 1. The Morgan fingerprint density at radius 1 is 0.956 bits per heavy atom. The van der Waals surface area contributed by atoms with E-state index in [1.54, 1.807) is 46.8 Å². The number of fused-ring (bicyclic) bond motifs is 3. The molecular formula is C37H42O8. The van der Waals surface area contributed by atoms with Gasteiger partial charge in [-0.1, -0.05) is 77.1 Å². The number of aromatic hydroxyl groups is 1. The van der Waals surface area contributed by atoms with Crippen molar-refractivity contribution in [3.8, 4) is 5.75 Å². The Bertz CT molecular complexity index is 1670. The monoisotopic (exact) mass is 614 g/mol. The molecule has 4 N–H and O–H groups in total. The summed E-state index contributed by atoms with van der Waals surface area (Å²) in [5.41, 5.74) is -5.22. The van der Waals surface area contributed by atoms with E-state index in [2.05, 4.69) is 0 Å². The first-order chi connectivity index (χ1) is 21.1. The molecule has 0 saturated carbocycles. The Morgan fingerprint density at radius 3 is 2.18 bits per heavy atom. The Hall–Kier alpha value is -4.04. The maximum Gasteiger partial charge on any atom is 0.209 e. The lowest BCUT2D eigenvalue weighted by Crippen LogP contribution is -2.72. The van der Waals surface area contributed by atoms with E-state index >= 15 is 0 Å². The van der Waals surface area contributed by atoms with E-state index in [1.165, 1.54) is 6.07 Å². The molecule has 0 aromatic heterocycles. The van der Waals surface area contributed by atoms with E-state index in [-0.39, 0.29) is 35.5 Å². The fraction of sp³-hybridized carbons (Fsp3) is 0.459. The van der Waals surface area contributed by atoms with Gasteiger partial charge in [-0.05, 0) is 54.7 Å². The van der Waals surface area contributed by atoms with Crippen molar-refractivity contribution in [1.29, 1.82) is 0 Å². The third-order valence-corrected chi connectivity index (χ3v) is 11.1. The van der Waals surface area contributed by atoms with Gasteiger partial charge in [-0.25, -0.2) is 0 Å². The second-order valence-corrected chi connectivity index (χ2v) is 13.7. The van der Waals surface area contributed by atoms with E-state index in [4.69, 9.17) is 0 Å². The van der Waals surface area contributed by atoms with Gasteiger partial charge >= 0.3 is 0 Å². The molecule has 3 aliphatic carbocycles. The van der Waals surface area contributed by atoms with Gasteiger partial charge in [-0.2, -0.15) is 0 Å². The molecule has 0 radical (unpaired) electrons. The molecule has 5 rings (SSSR count). The minimum atomic E-state index is -2.82. The van der Waals surface area contributed by atoms with E-state index in [1.807, 2.05) is 30.3 Å². The van der Waals surface area contributed by atoms with Crippen molar-refractivity contribution in [2.75, 3.05) is 0 Å². The van der Waals surface area contributed by atoms with Crippen molar-refractivity contribution in [2.24, 2.45) is 28.6 Å². The number of carbonyl (C=O) groups is 4. The minimum absolute atomic E-state index is 0.0313. The highest BCUT2D eigenvalue weighted by atomic mass is 16.4. The summed E-state index contributed by atoms with van der Waals surface area (Å²) in [5, 5.41) is 47.6. The number of aryl methyl sites for hydroxylation is 1. The molecule has 2 aromatic rings. The van der Waals surface area contributed by atoms with Crippen LogP contribution in [0.2, 0.25) is 0 Å². The van der Waals surface area contributed by atoms with Crippen LogP contribution in [-0.2, 0) is 20.8 Å². The third kappa shape index (κ3) is 4.28. The van der Waals surface area contributed by atoms with Crippen LogP contribution in [-0.4, -0.2) is 49.2 Å². The highest BCUT2D eigenvalue weighted by Crippen LogP contribution is 2.71. The highest BCUT2D eigenvalue weighted by Gasteiger charge is 2.76. The van der Waals surface area contributed by atoms with Gasteiger partial charge < -0.3 is 20.4 Å². The molecule has 45 heavy (non-hydrogen) atoms. The Balaban J connectivity index is 1.92. The lowest BCUT2D eigenvalue weighted by atomic mass is 9.37. The van der Waals surface area contributed by atoms with Crippen LogP contribution in [0, 0.1) is 28.6 Å². The zero-order chi connectivity index (χ0) is 33.2. The van der Waals surface area contributed by atoms with Crippen molar-refractivity contribution >= 4 is 23.1 Å². The molecule has 0 heterocycles. The van der Waals surface area contributed by atoms with Gasteiger partial charge in [-0.15, -0.1) is 0 Å². The van der Waals surface area contributed by atoms with E-state index in [0.29, 0.717) is 18.4 Å². The normalized spacial score (nSPS) is 31.1. The highest BCUT2D eigenvalue weighted by molar-refractivity contribution is 6.25. The molecule has 0 saturated heterocycles. The Morgan fingerprint density at radius 2 is 1.60 bits per heavy atom. The number of ketones is 4. The molecule has 0 aliphatic heterocycles. The Labute approximate surface area is 263 Å². The van der Waals surface area contributed by atoms with Crippen molar-refractivity contribution in [3.05, 3.63) is 87.9 Å². The summed E-state index contributed by atoms with van der Waals surface area (Å²) in [6, 6.07) is 14.5. The Kier molecular flexibility index (Phi) is 7.97. The number of Topliss-reactive ketones (excluding diaryl/α,β-unsaturated/α-hetero) is 4. The minimum Gasteiger partial charge on any atom is -0.511 e. The van der Waals surface area contributed by atoms with Crippen molar-refractivity contribution < 1.29 is 39.6 Å². The average molecular weight is 615 g/mol. The van der Waals surface area contributed by atoms with Gasteiger partial charge in [0.2, 0.25) is 5.78 Å². The number of benzene rings is 2. The number of phenols is 1. The van der Waals surface area contributed by atoms with Gasteiger partial charge in [-0.3, -0.25) is 19.2 Å². The molecule has 0 spiro atoms. The molecule has 0 fully saturated rings. The summed E-state index contributed by atoms with van der Waals surface area (Å²) in [6.07, 6.45) is 0.977. The molecule has 2 aromatic carbocycles. The first-order valence-corrected chi connectivity index (χ1v) is 15.7. The number of carbonyl (C=O) groups excluding carboxylic acids is 4. The first kappa shape index (κ1) is 32.4. The van der Waals surface area contributed by atoms with E-state index in [9.17, 15) is 39.6 Å². The number of aliphatic hydroxyl groups is 3. The zero-order valence-electron chi connectivity index (χ0n) is 26.7. The summed E-state index contributed by atoms with van der Waals surface area (Å²) in [7, 11) is 0. The van der Waals surface area contributed by atoms with Gasteiger partial charge in [0.1, 0.15) is 28.6 Å². The van der Waals surface area contributed by atoms with Crippen LogP contribution in [0.5, 0.6) is 5.75 Å². The number of hydrogen-bond donors (Lipinski definition) is 4. The number of hydrogen-bond acceptors (Lipinski definition) is 8. The van der Waals surface area contributed by atoms with Crippen molar-refractivity contribution in [2.45, 2.75) is 78.7 Å². The van der Waals surface area contributed by atoms with Gasteiger partial charge in [0.15, 0.2) is 17.2 Å². The second kappa shape index (κ2) is 11.1. The summed E-state index contributed by atoms with van der Waals surface area (Å²) < 4.78 is 0. The summed E-state index contributed by atoms with van der Waals surface area (Å²) in [6.45, 7) is 9.75. The predicted octanol–water partition coefficient (Wildman–Crippen LogP) is 6.12. The maximum absolute atomic E-state index is 14.5. The van der Waals surface area contributed by atoms with Crippen LogP contribution in [0.25, 0.3) is 0 Å². The SMILES string of the molecule is CCC(=O)C[C@@H]1[C@]2(C)C(=C(O)[C@@]3(O)C(=O)C(C(C)=O)=C(O)C(C(C)C)[C@@]13C)C(=O)c1c(O)cccc1[C@H]2CCc1ccccc1. The van der Waals surface area contributed by atoms with Crippen molar-refractivity contribution in [3.63, 3.8) is 0 Å². The zero-order valence-corrected chi connectivity index (χ0v) is 26.7. The van der Waals surface area contributed by atoms with Crippen LogP contribution in [0.15, 0.2) is 71.2 Å². The number of allylic oxidation sites excluding steroid dienone is 2. The van der Waals surface area contributed by atoms with Gasteiger partial charge in [0.25, 0.3) is 0 Å². The quantitative estimate of drug-likeness (QED) is 0.260. The first-order valence-electron chi connectivity index (χ1n) is 15.7. The summed E-state index contributed by atoms with van der Waals surface area (Å²) in [5.74, 6) is -7.61. The molecular weight excluding hydrogens is 572 g/mol. The summed E-state index contributed by atoms with van der Waals surface area (Å²) >= 11 is 0. The van der Waals surface area contributed by atoms with Crippen LogP contribution in [0.1, 0.15) is 88.2 Å². The largest absolute Gasteiger partial charge is 0.511 e. The lowest BCUT2D eigenvalue weighted by molar-refractivity contribution is -0.194. The number of rotatable bonds is 8. The molecule has 238 valence electrons. The fourth-order valence-corrected chi connectivity index (χ4v) is 9.14. The second-order valence-electron chi connectivity index (χ2n) is 13.7. The van der Waals surface area contributed by atoms with Crippen LogP contribution < -0.4 is 0 Å². The maximum atomic E-state index is 14.5. The molecule has 6 atom stereocenters.